The number of nitrogens with one attached hydrogen (secondary N) is 2. The van der Waals surface area contributed by atoms with Crippen LogP contribution in [0.4, 0.5) is 0 Å². The van der Waals surface area contributed by atoms with E-state index in [0.717, 1.165) is 5.56 Å². The molecule has 1 aromatic rings. The predicted octanol–water partition coefficient (Wildman–Crippen LogP) is 1.70. The predicted molar refractivity (Wildman–Crippen MR) is 83.3 cm³/mol. The average Bonchev–Trinajstić information content (AvgIpc) is 2.31. The SMILES string of the molecule is CNCCNS(=O)(=O)c1ccc(OC(C)C)c(C)c1.Cl. The van der Waals surface area contributed by atoms with E-state index >= 15 is 0 Å². The second-order valence-electron chi connectivity index (χ2n) is 4.60. The van der Waals surface area contributed by atoms with Crippen LogP contribution in [0, 0.1) is 6.92 Å². The molecule has 0 amide bonds. The van der Waals surface area contributed by atoms with Crippen LogP contribution in [0.25, 0.3) is 0 Å². The quantitative estimate of drug-likeness (QED) is 0.750. The molecule has 0 fully saturated rings. The molecule has 0 bridgehead atoms. The fraction of sp³-hybridized carbons (Fsp3) is 0.538. The number of hydrogen-bond donors (Lipinski definition) is 2. The first-order chi connectivity index (χ1) is 8.86. The number of ether oxygens (including phenoxy) is 1. The fourth-order valence-corrected chi connectivity index (χ4v) is 2.69. The van der Waals surface area contributed by atoms with Crippen LogP contribution in [0.2, 0.25) is 0 Å². The number of aryl methyl sites for hydroxylation is 1. The van der Waals surface area contributed by atoms with E-state index in [-0.39, 0.29) is 23.4 Å². The molecule has 1 rings (SSSR count). The molecular weight excluding hydrogens is 300 g/mol. The Bertz CT molecular complexity index is 518. The number of likely N-dealkylation sites (N-methyl/N-ethyl adjacent to an activating group) is 1. The molecular formula is C13H23ClN2O3S. The van der Waals surface area contributed by atoms with Crippen molar-refractivity contribution in [2.75, 3.05) is 20.1 Å². The molecule has 1 aromatic carbocycles. The van der Waals surface area contributed by atoms with Gasteiger partial charge in [0.2, 0.25) is 10.0 Å². The third-order valence-corrected chi connectivity index (χ3v) is 3.95. The number of sulfonamides is 1. The van der Waals surface area contributed by atoms with Crippen molar-refractivity contribution in [1.29, 1.82) is 0 Å². The van der Waals surface area contributed by atoms with Crippen molar-refractivity contribution in [3.8, 4) is 5.75 Å². The van der Waals surface area contributed by atoms with Gasteiger partial charge in [0, 0.05) is 13.1 Å². The largest absolute Gasteiger partial charge is 0.491 e. The van der Waals surface area contributed by atoms with Crippen molar-refractivity contribution in [3.63, 3.8) is 0 Å². The smallest absolute Gasteiger partial charge is 0.240 e. The molecule has 0 aliphatic heterocycles. The average molecular weight is 323 g/mol. The first-order valence-electron chi connectivity index (χ1n) is 6.28. The van der Waals surface area contributed by atoms with E-state index in [9.17, 15) is 8.42 Å². The molecule has 0 radical (unpaired) electrons. The zero-order chi connectivity index (χ0) is 14.5. The molecule has 0 saturated heterocycles. The summed E-state index contributed by atoms with van der Waals surface area (Å²) in [4.78, 5) is 0.261. The minimum atomic E-state index is -3.45. The summed E-state index contributed by atoms with van der Waals surface area (Å²) in [6.07, 6.45) is 0.0647. The van der Waals surface area contributed by atoms with E-state index < -0.39 is 10.0 Å². The maximum atomic E-state index is 12.0. The van der Waals surface area contributed by atoms with E-state index in [4.69, 9.17) is 4.74 Å². The topological polar surface area (TPSA) is 67.4 Å². The summed E-state index contributed by atoms with van der Waals surface area (Å²) in [5, 5.41) is 2.89. The van der Waals surface area contributed by atoms with Crippen LogP contribution >= 0.6 is 12.4 Å². The molecule has 0 heterocycles. The van der Waals surface area contributed by atoms with Gasteiger partial charge in [-0.15, -0.1) is 12.4 Å². The Morgan fingerprint density at radius 3 is 2.40 bits per heavy atom. The molecule has 0 atom stereocenters. The highest BCUT2D eigenvalue weighted by Gasteiger charge is 2.15. The summed E-state index contributed by atoms with van der Waals surface area (Å²) in [6, 6.07) is 4.88. The molecule has 0 aromatic heterocycles. The van der Waals surface area contributed by atoms with Crippen LogP contribution in [0.3, 0.4) is 0 Å². The van der Waals surface area contributed by atoms with Gasteiger partial charge in [-0.2, -0.15) is 0 Å². The highest BCUT2D eigenvalue weighted by Crippen LogP contribution is 2.22. The fourth-order valence-electron chi connectivity index (χ4n) is 1.57. The van der Waals surface area contributed by atoms with Gasteiger partial charge < -0.3 is 10.1 Å². The number of halogens is 1. The lowest BCUT2D eigenvalue weighted by molar-refractivity contribution is 0.240. The van der Waals surface area contributed by atoms with E-state index in [0.29, 0.717) is 18.8 Å². The maximum absolute atomic E-state index is 12.0. The Hall–Kier alpha value is -0.820. The Kier molecular flexibility index (Phi) is 8.12. The molecule has 5 nitrogen and oxygen atoms in total. The van der Waals surface area contributed by atoms with Gasteiger partial charge in [0.1, 0.15) is 5.75 Å². The van der Waals surface area contributed by atoms with Gasteiger partial charge in [-0.1, -0.05) is 0 Å². The van der Waals surface area contributed by atoms with Crippen molar-refractivity contribution in [3.05, 3.63) is 23.8 Å². The minimum absolute atomic E-state index is 0. The minimum Gasteiger partial charge on any atom is -0.491 e. The number of benzene rings is 1. The second kappa shape index (κ2) is 8.46. The first kappa shape index (κ1) is 19.2. The van der Waals surface area contributed by atoms with Crippen LogP contribution in [0.15, 0.2) is 23.1 Å². The summed E-state index contributed by atoms with van der Waals surface area (Å²) in [7, 11) is -1.67. The summed E-state index contributed by atoms with van der Waals surface area (Å²) in [5.41, 5.74) is 0.810. The number of rotatable bonds is 7. The van der Waals surface area contributed by atoms with Gasteiger partial charge in [0.25, 0.3) is 0 Å². The Morgan fingerprint density at radius 2 is 1.90 bits per heavy atom. The molecule has 2 N–H and O–H groups in total. The van der Waals surface area contributed by atoms with E-state index in [2.05, 4.69) is 10.0 Å². The molecule has 0 saturated carbocycles. The van der Waals surface area contributed by atoms with Gasteiger partial charge in [0.05, 0.1) is 11.0 Å². The van der Waals surface area contributed by atoms with E-state index in [1.54, 1.807) is 25.2 Å². The van der Waals surface area contributed by atoms with Crippen molar-refractivity contribution in [2.45, 2.75) is 31.8 Å². The van der Waals surface area contributed by atoms with E-state index in [1.165, 1.54) is 0 Å². The third-order valence-electron chi connectivity index (χ3n) is 2.49. The van der Waals surface area contributed by atoms with Crippen molar-refractivity contribution < 1.29 is 13.2 Å². The van der Waals surface area contributed by atoms with Crippen LogP contribution in [-0.2, 0) is 10.0 Å². The lowest BCUT2D eigenvalue weighted by Gasteiger charge is -2.13. The molecule has 116 valence electrons. The maximum Gasteiger partial charge on any atom is 0.240 e. The van der Waals surface area contributed by atoms with Crippen molar-refractivity contribution in [1.82, 2.24) is 10.0 Å². The van der Waals surface area contributed by atoms with E-state index in [1.807, 2.05) is 20.8 Å². The van der Waals surface area contributed by atoms with Crippen LogP contribution in [-0.4, -0.2) is 34.7 Å². The Balaban J connectivity index is 0.00000361. The molecule has 20 heavy (non-hydrogen) atoms. The zero-order valence-electron chi connectivity index (χ0n) is 12.3. The lowest BCUT2D eigenvalue weighted by Crippen LogP contribution is -2.30. The molecule has 0 aliphatic rings. The standard InChI is InChI=1S/C13H22N2O3S.ClH/c1-10(2)18-13-6-5-12(9-11(13)3)19(16,17)15-8-7-14-4;/h5-6,9-10,14-15H,7-8H2,1-4H3;1H. The summed E-state index contributed by atoms with van der Waals surface area (Å²) >= 11 is 0. The van der Waals surface area contributed by atoms with Crippen molar-refractivity contribution >= 4 is 22.4 Å². The highest BCUT2D eigenvalue weighted by atomic mass is 35.5. The lowest BCUT2D eigenvalue weighted by atomic mass is 10.2. The molecule has 7 heteroatoms. The van der Waals surface area contributed by atoms with Gasteiger partial charge >= 0.3 is 0 Å². The van der Waals surface area contributed by atoms with Gasteiger partial charge in [0.15, 0.2) is 0 Å². The third kappa shape index (κ3) is 5.66. The van der Waals surface area contributed by atoms with Crippen LogP contribution < -0.4 is 14.8 Å². The molecule has 0 spiro atoms. The number of hydrogen-bond acceptors (Lipinski definition) is 4. The van der Waals surface area contributed by atoms with Crippen molar-refractivity contribution in [2.24, 2.45) is 0 Å². The summed E-state index contributed by atoms with van der Waals surface area (Å²) in [5.74, 6) is 0.712. The zero-order valence-corrected chi connectivity index (χ0v) is 13.9. The Labute approximate surface area is 127 Å². The second-order valence-corrected chi connectivity index (χ2v) is 6.36. The monoisotopic (exact) mass is 322 g/mol. The Morgan fingerprint density at radius 1 is 1.25 bits per heavy atom. The van der Waals surface area contributed by atoms with Gasteiger partial charge in [-0.05, 0) is 51.6 Å². The van der Waals surface area contributed by atoms with Crippen LogP contribution in [0.5, 0.6) is 5.75 Å². The summed E-state index contributed by atoms with van der Waals surface area (Å²) < 4.78 is 32.1. The van der Waals surface area contributed by atoms with Gasteiger partial charge in [-0.25, -0.2) is 13.1 Å². The normalized spacial score (nSPS) is 11.2. The summed E-state index contributed by atoms with van der Waals surface area (Å²) in [6.45, 7) is 6.66. The van der Waals surface area contributed by atoms with Gasteiger partial charge in [-0.3, -0.25) is 0 Å². The molecule has 0 aliphatic carbocycles. The van der Waals surface area contributed by atoms with Crippen LogP contribution in [0.1, 0.15) is 19.4 Å². The first-order valence-corrected chi connectivity index (χ1v) is 7.76. The highest BCUT2D eigenvalue weighted by molar-refractivity contribution is 7.89. The molecule has 0 unspecified atom stereocenters.